The third-order valence-electron chi connectivity index (χ3n) is 4.08. The minimum Gasteiger partial charge on any atom is -0.326 e. The first-order chi connectivity index (χ1) is 11.0. The zero-order valence-electron chi connectivity index (χ0n) is 14.0. The molecule has 0 spiro atoms. The molecule has 0 saturated heterocycles. The Bertz CT molecular complexity index is 656. The molecule has 23 heavy (non-hydrogen) atoms. The van der Waals surface area contributed by atoms with Crippen LogP contribution < -0.4 is 5.32 Å². The molecular formula is C17H26N2O3S. The molecule has 1 aliphatic rings. The summed E-state index contributed by atoms with van der Waals surface area (Å²) in [5.74, 6) is 0.202. The second-order valence-corrected chi connectivity index (χ2v) is 8.12. The van der Waals surface area contributed by atoms with Crippen LogP contribution in [0.5, 0.6) is 0 Å². The molecule has 0 fully saturated rings. The van der Waals surface area contributed by atoms with Gasteiger partial charge in [-0.05, 0) is 42.5 Å². The molecule has 1 aromatic rings. The monoisotopic (exact) mass is 338 g/mol. The van der Waals surface area contributed by atoms with Crippen LogP contribution in [-0.2, 0) is 27.8 Å². The highest BCUT2D eigenvalue weighted by Crippen LogP contribution is 2.25. The number of rotatable bonds is 7. The number of unbranched alkanes of at least 4 members (excludes halogenated alkanes) is 1. The Morgan fingerprint density at radius 3 is 2.70 bits per heavy atom. The molecule has 1 amide bonds. The molecule has 1 aromatic carbocycles. The number of nitrogens with zero attached hydrogens (tertiary/aromatic N) is 1. The Morgan fingerprint density at radius 2 is 2.00 bits per heavy atom. The highest BCUT2D eigenvalue weighted by molar-refractivity contribution is 7.89. The molecule has 0 aromatic heterocycles. The smallest absolute Gasteiger partial charge is 0.224 e. The predicted octanol–water partition coefficient (Wildman–Crippen LogP) is 2.91. The van der Waals surface area contributed by atoms with E-state index in [1.807, 2.05) is 25.1 Å². The molecular weight excluding hydrogens is 312 g/mol. The van der Waals surface area contributed by atoms with Gasteiger partial charge in [0.1, 0.15) is 0 Å². The highest BCUT2D eigenvalue weighted by atomic mass is 32.2. The third-order valence-corrected chi connectivity index (χ3v) is 6.10. The van der Waals surface area contributed by atoms with E-state index < -0.39 is 10.0 Å². The van der Waals surface area contributed by atoms with Gasteiger partial charge in [0, 0.05) is 25.2 Å². The van der Waals surface area contributed by atoms with Crippen molar-refractivity contribution in [3.63, 3.8) is 0 Å². The Morgan fingerprint density at radius 1 is 1.22 bits per heavy atom. The fourth-order valence-corrected chi connectivity index (χ4v) is 4.27. The number of benzene rings is 1. The number of sulfonamides is 1. The molecule has 0 saturated carbocycles. The number of nitrogens with one attached hydrogen (secondary N) is 1. The van der Waals surface area contributed by atoms with Crippen LogP contribution in [-0.4, -0.2) is 30.9 Å². The summed E-state index contributed by atoms with van der Waals surface area (Å²) in [5, 5.41) is 2.90. The van der Waals surface area contributed by atoms with Gasteiger partial charge in [0.2, 0.25) is 15.9 Å². The number of carbonyl (C=O) groups excluding carboxylic acids is 1. The lowest BCUT2D eigenvalue weighted by Gasteiger charge is -2.28. The first-order valence-corrected chi connectivity index (χ1v) is 9.96. The molecule has 5 nitrogen and oxygen atoms in total. The Labute approximate surface area is 139 Å². The molecule has 1 aliphatic heterocycles. The summed E-state index contributed by atoms with van der Waals surface area (Å²) in [6.07, 6.45) is 3.73. The largest absolute Gasteiger partial charge is 0.326 e. The summed E-state index contributed by atoms with van der Waals surface area (Å²) < 4.78 is 26.0. The third kappa shape index (κ3) is 4.78. The average Bonchev–Trinajstić information content (AvgIpc) is 2.52. The van der Waals surface area contributed by atoms with E-state index in [1.165, 1.54) is 5.56 Å². The second kappa shape index (κ2) is 7.93. The van der Waals surface area contributed by atoms with Crippen molar-refractivity contribution >= 4 is 21.6 Å². The van der Waals surface area contributed by atoms with Crippen LogP contribution in [0.15, 0.2) is 18.2 Å². The van der Waals surface area contributed by atoms with Crippen LogP contribution in [0.25, 0.3) is 0 Å². The van der Waals surface area contributed by atoms with E-state index in [9.17, 15) is 13.2 Å². The van der Waals surface area contributed by atoms with Crippen LogP contribution in [0.2, 0.25) is 0 Å². The summed E-state index contributed by atoms with van der Waals surface area (Å²) in [5.41, 5.74) is 2.91. The fourth-order valence-electron chi connectivity index (χ4n) is 2.79. The van der Waals surface area contributed by atoms with Gasteiger partial charge >= 0.3 is 0 Å². The van der Waals surface area contributed by atoms with E-state index in [4.69, 9.17) is 0 Å². The molecule has 0 bridgehead atoms. The molecule has 0 atom stereocenters. The van der Waals surface area contributed by atoms with Gasteiger partial charge in [-0.25, -0.2) is 8.42 Å². The maximum atomic E-state index is 12.2. The fraction of sp³-hybridized carbons (Fsp3) is 0.588. The van der Waals surface area contributed by atoms with Crippen LogP contribution in [0, 0.1) is 0 Å². The Kier molecular flexibility index (Phi) is 6.18. The van der Waals surface area contributed by atoms with E-state index in [2.05, 4.69) is 12.2 Å². The van der Waals surface area contributed by atoms with E-state index in [1.54, 1.807) is 4.31 Å². The number of hydrogen-bond acceptors (Lipinski definition) is 3. The average molecular weight is 338 g/mol. The van der Waals surface area contributed by atoms with Gasteiger partial charge in [0.05, 0.1) is 5.75 Å². The van der Waals surface area contributed by atoms with E-state index in [-0.39, 0.29) is 11.7 Å². The zero-order chi connectivity index (χ0) is 16.9. The summed E-state index contributed by atoms with van der Waals surface area (Å²) in [7, 11) is -3.18. The Balaban J connectivity index is 2.09. The van der Waals surface area contributed by atoms with E-state index in [0.29, 0.717) is 25.9 Å². The molecule has 0 unspecified atom stereocenters. The van der Waals surface area contributed by atoms with Gasteiger partial charge in [0.15, 0.2) is 0 Å². The zero-order valence-corrected chi connectivity index (χ0v) is 14.8. The lowest BCUT2D eigenvalue weighted by Crippen LogP contribution is -2.37. The number of amides is 1. The number of anilines is 1. The van der Waals surface area contributed by atoms with Crippen molar-refractivity contribution in [1.82, 2.24) is 4.31 Å². The molecule has 128 valence electrons. The molecule has 6 heteroatoms. The molecule has 2 rings (SSSR count). The maximum absolute atomic E-state index is 12.2. The predicted molar refractivity (Wildman–Crippen MR) is 92.8 cm³/mol. The van der Waals surface area contributed by atoms with Crippen molar-refractivity contribution in [3.8, 4) is 0 Å². The second-order valence-electron chi connectivity index (χ2n) is 6.03. The maximum Gasteiger partial charge on any atom is 0.224 e. The first kappa shape index (κ1) is 17.9. The molecule has 1 N–H and O–H groups in total. The van der Waals surface area contributed by atoms with Gasteiger partial charge in [-0.2, -0.15) is 4.31 Å². The van der Waals surface area contributed by atoms with Crippen LogP contribution in [0.4, 0.5) is 5.69 Å². The molecule has 0 aliphatic carbocycles. The molecule has 1 heterocycles. The number of hydrogen-bond donors (Lipinski definition) is 1. The number of carbonyl (C=O) groups is 1. The minimum absolute atomic E-state index is 0.0121. The van der Waals surface area contributed by atoms with Gasteiger partial charge in [-0.1, -0.05) is 26.3 Å². The quantitative estimate of drug-likeness (QED) is 0.831. The van der Waals surface area contributed by atoms with Crippen LogP contribution >= 0.6 is 0 Å². The van der Waals surface area contributed by atoms with E-state index >= 15 is 0 Å². The van der Waals surface area contributed by atoms with Crippen molar-refractivity contribution in [2.45, 2.75) is 52.5 Å². The van der Waals surface area contributed by atoms with Crippen molar-refractivity contribution in [3.05, 3.63) is 29.3 Å². The SMILES string of the molecule is CCCCC(=O)Nc1ccc2c(c1)CN(S(=O)(=O)CCC)CC2. The van der Waals surface area contributed by atoms with Crippen molar-refractivity contribution in [2.75, 3.05) is 17.6 Å². The van der Waals surface area contributed by atoms with Crippen molar-refractivity contribution in [1.29, 1.82) is 0 Å². The molecule has 0 radical (unpaired) electrons. The lowest BCUT2D eigenvalue weighted by molar-refractivity contribution is -0.116. The van der Waals surface area contributed by atoms with Gasteiger partial charge in [-0.15, -0.1) is 0 Å². The summed E-state index contributed by atoms with van der Waals surface area (Å²) >= 11 is 0. The van der Waals surface area contributed by atoms with Gasteiger partial charge in [0.25, 0.3) is 0 Å². The van der Waals surface area contributed by atoms with Crippen molar-refractivity contribution in [2.24, 2.45) is 0 Å². The minimum atomic E-state index is -3.18. The Hall–Kier alpha value is -1.40. The highest BCUT2D eigenvalue weighted by Gasteiger charge is 2.26. The lowest BCUT2D eigenvalue weighted by atomic mass is 10.0. The standard InChI is InChI=1S/C17H26N2O3S/c1-3-5-6-17(20)18-16-8-7-14-9-10-19(13-15(14)12-16)23(21,22)11-4-2/h7-8,12H,3-6,9-11,13H2,1-2H3,(H,18,20). The summed E-state index contributed by atoms with van der Waals surface area (Å²) in [6, 6.07) is 5.81. The summed E-state index contributed by atoms with van der Waals surface area (Å²) in [4.78, 5) is 11.8. The van der Waals surface area contributed by atoms with Crippen LogP contribution in [0.1, 0.15) is 50.7 Å². The van der Waals surface area contributed by atoms with Crippen molar-refractivity contribution < 1.29 is 13.2 Å². The van der Waals surface area contributed by atoms with E-state index in [0.717, 1.165) is 30.5 Å². The van der Waals surface area contributed by atoms with Gasteiger partial charge in [-0.3, -0.25) is 4.79 Å². The normalized spacial score (nSPS) is 15.2. The topological polar surface area (TPSA) is 66.5 Å². The summed E-state index contributed by atoms with van der Waals surface area (Å²) in [6.45, 7) is 4.87. The first-order valence-electron chi connectivity index (χ1n) is 8.35. The number of fused-ring (bicyclic) bond motifs is 1. The van der Waals surface area contributed by atoms with Gasteiger partial charge < -0.3 is 5.32 Å². The van der Waals surface area contributed by atoms with Crippen LogP contribution in [0.3, 0.4) is 0 Å².